The third-order valence-corrected chi connectivity index (χ3v) is 12.9. The minimum absolute atomic E-state index is 0.210. The molecule has 0 radical (unpaired) electrons. The van der Waals surface area contributed by atoms with Crippen molar-refractivity contribution in [1.82, 2.24) is 0 Å². The lowest BCUT2D eigenvalue weighted by Gasteiger charge is -2.39. The van der Waals surface area contributed by atoms with Crippen LogP contribution in [0, 0.1) is 0 Å². The largest absolute Gasteiger partial charge is 0.497 e. The van der Waals surface area contributed by atoms with Crippen molar-refractivity contribution in [2.75, 3.05) is 7.11 Å². The molecule has 56 heavy (non-hydrogen) atoms. The normalized spacial score (nSPS) is 17.6. The lowest BCUT2D eigenvalue weighted by molar-refractivity contribution is 0.163. The first kappa shape index (κ1) is 32.8. The maximum atomic E-state index is 7.78. The van der Waals surface area contributed by atoms with Crippen LogP contribution in [0.15, 0.2) is 182 Å². The zero-order chi connectivity index (χ0) is 37.6. The Labute approximate surface area is 328 Å². The molecule has 0 saturated heterocycles. The maximum absolute atomic E-state index is 7.78. The van der Waals surface area contributed by atoms with E-state index in [9.17, 15) is 0 Å². The molecule has 11 rings (SSSR count). The third kappa shape index (κ3) is 4.27. The Kier molecular flexibility index (Phi) is 6.98. The van der Waals surface area contributed by atoms with E-state index in [4.69, 9.17) is 9.47 Å². The van der Waals surface area contributed by atoms with Gasteiger partial charge in [0.1, 0.15) is 11.5 Å². The zero-order valence-electron chi connectivity index (χ0n) is 31.7. The van der Waals surface area contributed by atoms with Crippen LogP contribution in [0.2, 0.25) is 0 Å². The molecular weight excluding hydrogens is 681 g/mol. The number of methoxy groups -OCH3 is 1. The number of rotatable bonds is 5. The zero-order valence-corrected chi connectivity index (χ0v) is 31.7. The van der Waals surface area contributed by atoms with Gasteiger partial charge in [-0.3, -0.25) is 0 Å². The quantitative estimate of drug-likeness (QED) is 0.176. The fourth-order valence-electron chi connectivity index (χ4n) is 10.4. The van der Waals surface area contributed by atoms with Crippen LogP contribution in [0.1, 0.15) is 63.9 Å². The second-order valence-electron chi connectivity index (χ2n) is 15.9. The summed E-state index contributed by atoms with van der Waals surface area (Å²) in [6, 6.07) is 64.1. The molecular formula is C54H40O2. The van der Waals surface area contributed by atoms with Gasteiger partial charge in [-0.2, -0.15) is 0 Å². The topological polar surface area (TPSA) is 18.5 Å². The summed E-state index contributed by atoms with van der Waals surface area (Å²) < 4.78 is 13.5. The van der Waals surface area contributed by atoms with E-state index in [1.165, 1.54) is 61.0 Å². The first-order chi connectivity index (χ1) is 27.5. The van der Waals surface area contributed by atoms with E-state index < -0.39 is 11.0 Å². The lowest BCUT2D eigenvalue weighted by Crippen LogP contribution is -2.36. The van der Waals surface area contributed by atoms with E-state index in [-0.39, 0.29) is 5.41 Å². The van der Waals surface area contributed by atoms with Crippen LogP contribution in [0.4, 0.5) is 0 Å². The van der Waals surface area contributed by atoms with Gasteiger partial charge in [-0.1, -0.05) is 178 Å². The number of hydrogen-bond donors (Lipinski definition) is 0. The fourth-order valence-corrected chi connectivity index (χ4v) is 10.4. The average molecular weight is 721 g/mol. The molecule has 2 heteroatoms. The Morgan fingerprint density at radius 3 is 1.75 bits per heavy atom. The van der Waals surface area contributed by atoms with E-state index in [1.54, 1.807) is 7.11 Å². The summed E-state index contributed by atoms with van der Waals surface area (Å²) in [5, 5.41) is 2.34. The molecule has 0 bridgehead atoms. The Morgan fingerprint density at radius 1 is 0.482 bits per heavy atom. The van der Waals surface area contributed by atoms with Crippen LogP contribution in [0.5, 0.6) is 11.5 Å². The molecule has 1 heterocycles. The number of fused-ring (bicyclic) bond motifs is 11. The Balaban J connectivity index is 1.21. The molecule has 8 aromatic rings. The van der Waals surface area contributed by atoms with Crippen LogP contribution in [0.3, 0.4) is 0 Å². The molecule has 3 aliphatic rings. The monoisotopic (exact) mass is 720 g/mol. The molecule has 0 aromatic heterocycles. The fraction of sp³-hybridized carbons (Fsp3) is 0.111. The van der Waals surface area contributed by atoms with Crippen molar-refractivity contribution in [3.63, 3.8) is 0 Å². The van der Waals surface area contributed by atoms with Crippen molar-refractivity contribution < 1.29 is 9.47 Å². The highest BCUT2D eigenvalue weighted by Gasteiger charge is 2.49. The minimum Gasteiger partial charge on any atom is -0.497 e. The third-order valence-electron chi connectivity index (χ3n) is 12.9. The highest BCUT2D eigenvalue weighted by atomic mass is 16.5. The van der Waals surface area contributed by atoms with Gasteiger partial charge in [0, 0.05) is 27.5 Å². The van der Waals surface area contributed by atoms with Crippen LogP contribution in [-0.2, 0) is 16.4 Å². The first-order valence-corrected chi connectivity index (χ1v) is 19.5. The summed E-state index contributed by atoms with van der Waals surface area (Å²) in [5.74, 6) is 1.73. The molecule has 1 unspecified atom stereocenters. The first-order valence-electron chi connectivity index (χ1n) is 19.5. The summed E-state index contributed by atoms with van der Waals surface area (Å²) in [4.78, 5) is 0. The summed E-state index contributed by atoms with van der Waals surface area (Å²) in [6.07, 6.45) is 4.66. The van der Waals surface area contributed by atoms with Crippen molar-refractivity contribution in [3.05, 3.63) is 232 Å². The second kappa shape index (κ2) is 11.9. The van der Waals surface area contributed by atoms with Gasteiger partial charge < -0.3 is 9.47 Å². The van der Waals surface area contributed by atoms with E-state index in [0.29, 0.717) is 0 Å². The van der Waals surface area contributed by atoms with Gasteiger partial charge in [0.2, 0.25) is 0 Å². The van der Waals surface area contributed by atoms with Crippen LogP contribution < -0.4 is 9.47 Å². The van der Waals surface area contributed by atoms with Gasteiger partial charge in [-0.25, -0.2) is 0 Å². The number of benzene rings is 8. The average Bonchev–Trinajstić information content (AvgIpc) is 3.70. The van der Waals surface area contributed by atoms with E-state index in [2.05, 4.69) is 190 Å². The van der Waals surface area contributed by atoms with Crippen LogP contribution in [-0.4, -0.2) is 7.11 Å². The molecule has 268 valence electrons. The summed E-state index contributed by atoms with van der Waals surface area (Å²) >= 11 is 0. The van der Waals surface area contributed by atoms with Crippen LogP contribution >= 0.6 is 0 Å². The summed E-state index contributed by atoms with van der Waals surface area (Å²) in [5.41, 5.74) is 14.4. The maximum Gasteiger partial charge on any atom is 0.178 e. The molecule has 2 nitrogen and oxygen atoms in total. The molecule has 0 fully saturated rings. The van der Waals surface area contributed by atoms with Gasteiger partial charge in [0.05, 0.1) is 12.5 Å². The number of hydrogen-bond acceptors (Lipinski definition) is 2. The van der Waals surface area contributed by atoms with Crippen LogP contribution in [0.25, 0.3) is 39.1 Å². The van der Waals surface area contributed by atoms with Gasteiger partial charge >= 0.3 is 0 Å². The molecule has 2 aliphatic carbocycles. The Morgan fingerprint density at radius 2 is 1.05 bits per heavy atom. The molecule has 8 aromatic carbocycles. The predicted molar refractivity (Wildman–Crippen MR) is 229 cm³/mol. The second-order valence-corrected chi connectivity index (χ2v) is 15.9. The minimum atomic E-state index is -0.950. The number of ether oxygens (including phenoxy) is 2. The molecule has 1 aliphatic heterocycles. The van der Waals surface area contributed by atoms with Crippen molar-refractivity contribution >= 4 is 16.8 Å². The van der Waals surface area contributed by atoms with Gasteiger partial charge in [0.15, 0.2) is 5.60 Å². The van der Waals surface area contributed by atoms with Gasteiger partial charge in [-0.15, -0.1) is 0 Å². The van der Waals surface area contributed by atoms with E-state index in [0.717, 1.165) is 33.6 Å². The van der Waals surface area contributed by atoms with Crippen molar-refractivity contribution in [2.24, 2.45) is 0 Å². The van der Waals surface area contributed by atoms with Gasteiger partial charge in [-0.05, 0) is 85.3 Å². The van der Waals surface area contributed by atoms with Gasteiger partial charge in [0.25, 0.3) is 0 Å². The summed E-state index contributed by atoms with van der Waals surface area (Å²) in [6.45, 7) is 4.72. The Bertz CT molecular complexity index is 2840. The standard InChI is InChI=1S/C54H40O2/c1-52(2)46-24-14-13-23-44(46)49-42-21-10-11-22-43(42)51-45(50(49)52)32-33-53(56-51,35-26-29-39(55-3)30-27-35)38-28-31-41-40-20-12-15-25-47(40)54(48(41)34-38,36-16-6-4-7-17-36)37-18-8-5-9-19-37/h4-34H,1-3H3. The SMILES string of the molecule is COc1ccc(C2(c3ccc4c(c3)C(c3ccccc3)(c3ccccc3)c3ccccc3-4)C=Cc3c4c(c5ccccc5c3O2)-c2ccccc2C4(C)C)cc1. The molecule has 0 saturated carbocycles. The smallest absolute Gasteiger partial charge is 0.178 e. The van der Waals surface area contributed by atoms with E-state index in [1.807, 2.05) is 12.1 Å². The van der Waals surface area contributed by atoms with Crippen molar-refractivity contribution in [1.29, 1.82) is 0 Å². The molecule has 0 amide bonds. The molecule has 0 spiro atoms. The lowest BCUT2D eigenvalue weighted by atomic mass is 9.67. The molecule has 0 N–H and O–H groups in total. The predicted octanol–water partition coefficient (Wildman–Crippen LogP) is 12.9. The summed E-state index contributed by atoms with van der Waals surface area (Å²) in [7, 11) is 1.72. The highest BCUT2D eigenvalue weighted by molar-refractivity contribution is 6.08. The van der Waals surface area contributed by atoms with E-state index >= 15 is 0 Å². The van der Waals surface area contributed by atoms with Crippen molar-refractivity contribution in [3.8, 4) is 33.8 Å². The van der Waals surface area contributed by atoms with Crippen molar-refractivity contribution in [2.45, 2.75) is 30.3 Å². The Hall–Kier alpha value is -6.64. The highest BCUT2D eigenvalue weighted by Crippen LogP contribution is 2.60. The molecule has 1 atom stereocenters.